The Kier molecular flexibility index (Phi) is 5.00. The molecule has 2 aromatic heterocycles. The minimum atomic E-state index is -0.326. The van der Waals surface area contributed by atoms with Crippen LogP contribution in [-0.2, 0) is 0 Å². The zero-order valence-corrected chi connectivity index (χ0v) is 15.7. The lowest BCUT2D eigenvalue weighted by atomic mass is 9.95. The number of amides is 1. The van der Waals surface area contributed by atoms with E-state index in [9.17, 15) is 9.18 Å². The molecule has 1 saturated heterocycles. The van der Waals surface area contributed by atoms with Crippen LogP contribution in [-0.4, -0.2) is 39.8 Å². The summed E-state index contributed by atoms with van der Waals surface area (Å²) in [6, 6.07) is 9.86. The number of hydrogen-bond donors (Lipinski definition) is 2. The highest BCUT2D eigenvalue weighted by atomic mass is 32.1. The van der Waals surface area contributed by atoms with E-state index in [0.29, 0.717) is 17.4 Å². The van der Waals surface area contributed by atoms with Crippen molar-refractivity contribution < 1.29 is 9.18 Å². The molecule has 0 radical (unpaired) electrons. The standard InChI is InChI=1S/C19H20FN5OS/c1-12-8-9-21-11-15(12)22-19(26)17-23-18(16-3-2-10-27-16)25(24-17)14-6-4-13(20)5-7-14/h2-7,10,12,15,21H,8-9,11H2,1H3,(H,22,26). The van der Waals surface area contributed by atoms with Crippen molar-refractivity contribution in [1.82, 2.24) is 25.4 Å². The summed E-state index contributed by atoms with van der Waals surface area (Å²) in [5.74, 6) is 0.450. The third kappa shape index (κ3) is 3.77. The first-order valence-corrected chi connectivity index (χ1v) is 9.78. The summed E-state index contributed by atoms with van der Waals surface area (Å²) in [7, 11) is 0. The van der Waals surface area contributed by atoms with Crippen LogP contribution in [0.25, 0.3) is 16.4 Å². The first-order chi connectivity index (χ1) is 13.1. The molecule has 2 atom stereocenters. The Morgan fingerprint density at radius 2 is 2.15 bits per heavy atom. The van der Waals surface area contributed by atoms with Crippen molar-refractivity contribution in [3.8, 4) is 16.4 Å². The van der Waals surface area contributed by atoms with E-state index in [-0.39, 0.29) is 23.6 Å². The largest absolute Gasteiger partial charge is 0.345 e. The van der Waals surface area contributed by atoms with Crippen molar-refractivity contribution in [3.05, 3.63) is 53.4 Å². The van der Waals surface area contributed by atoms with Crippen molar-refractivity contribution in [2.45, 2.75) is 19.4 Å². The number of carbonyl (C=O) groups excluding carboxylic acids is 1. The first-order valence-electron chi connectivity index (χ1n) is 8.90. The van der Waals surface area contributed by atoms with E-state index >= 15 is 0 Å². The normalized spacial score (nSPS) is 19.8. The Morgan fingerprint density at radius 1 is 1.33 bits per heavy atom. The Hall–Kier alpha value is -2.58. The fraction of sp³-hybridized carbons (Fsp3) is 0.316. The Morgan fingerprint density at radius 3 is 2.85 bits per heavy atom. The van der Waals surface area contributed by atoms with Crippen LogP contribution in [0.5, 0.6) is 0 Å². The molecule has 0 aliphatic carbocycles. The number of halogens is 1. The lowest BCUT2D eigenvalue weighted by Crippen LogP contribution is -2.50. The average Bonchev–Trinajstić information content (AvgIpc) is 3.33. The smallest absolute Gasteiger partial charge is 0.291 e. The van der Waals surface area contributed by atoms with Crippen LogP contribution < -0.4 is 10.6 Å². The SMILES string of the molecule is CC1CCNCC1NC(=O)c1nc(-c2cccs2)n(-c2ccc(F)cc2)n1. The summed E-state index contributed by atoms with van der Waals surface area (Å²) >= 11 is 1.51. The fourth-order valence-electron chi connectivity index (χ4n) is 3.15. The average molecular weight is 385 g/mol. The molecule has 1 aliphatic heterocycles. The van der Waals surface area contributed by atoms with Gasteiger partial charge in [-0.3, -0.25) is 4.79 Å². The van der Waals surface area contributed by atoms with E-state index in [2.05, 4.69) is 27.6 Å². The van der Waals surface area contributed by atoms with E-state index in [1.165, 1.54) is 23.5 Å². The predicted molar refractivity (Wildman–Crippen MR) is 103 cm³/mol. The molecule has 0 saturated carbocycles. The molecule has 2 N–H and O–H groups in total. The number of rotatable bonds is 4. The number of piperidine rings is 1. The van der Waals surface area contributed by atoms with Crippen molar-refractivity contribution in [3.63, 3.8) is 0 Å². The maximum absolute atomic E-state index is 13.3. The fourth-order valence-corrected chi connectivity index (χ4v) is 3.85. The highest BCUT2D eigenvalue weighted by molar-refractivity contribution is 7.13. The molecule has 6 nitrogen and oxygen atoms in total. The zero-order valence-electron chi connectivity index (χ0n) is 14.9. The van der Waals surface area contributed by atoms with Gasteiger partial charge in [0.15, 0.2) is 5.82 Å². The molecule has 4 rings (SSSR count). The highest BCUT2D eigenvalue weighted by Crippen LogP contribution is 2.25. The molecular formula is C19H20FN5OS. The van der Waals surface area contributed by atoms with E-state index < -0.39 is 0 Å². The minimum absolute atomic E-state index is 0.0502. The maximum atomic E-state index is 13.3. The summed E-state index contributed by atoms with van der Waals surface area (Å²) in [5.41, 5.74) is 0.652. The molecule has 3 aromatic rings. The predicted octanol–water partition coefficient (Wildman–Crippen LogP) is 2.86. The van der Waals surface area contributed by atoms with Crippen molar-refractivity contribution >= 4 is 17.2 Å². The van der Waals surface area contributed by atoms with Gasteiger partial charge in [-0.1, -0.05) is 13.0 Å². The number of nitrogens with one attached hydrogen (secondary N) is 2. The second-order valence-corrected chi connectivity index (χ2v) is 7.62. The Bertz CT molecular complexity index is 922. The number of benzene rings is 1. The van der Waals surface area contributed by atoms with Gasteiger partial charge in [0.05, 0.1) is 10.6 Å². The summed E-state index contributed by atoms with van der Waals surface area (Å²) in [4.78, 5) is 18.1. The van der Waals surface area contributed by atoms with E-state index in [1.54, 1.807) is 16.8 Å². The molecule has 27 heavy (non-hydrogen) atoms. The van der Waals surface area contributed by atoms with Crippen LogP contribution in [0, 0.1) is 11.7 Å². The van der Waals surface area contributed by atoms with Gasteiger partial charge in [0.25, 0.3) is 5.91 Å². The summed E-state index contributed by atoms with van der Waals surface area (Å²) in [6.45, 7) is 3.84. The highest BCUT2D eigenvalue weighted by Gasteiger charge is 2.26. The van der Waals surface area contributed by atoms with Gasteiger partial charge in [-0.15, -0.1) is 16.4 Å². The third-order valence-electron chi connectivity index (χ3n) is 4.77. The first kappa shape index (κ1) is 17.8. The van der Waals surface area contributed by atoms with Gasteiger partial charge in [-0.2, -0.15) is 0 Å². The minimum Gasteiger partial charge on any atom is -0.345 e. The summed E-state index contributed by atoms with van der Waals surface area (Å²) in [5, 5.41) is 12.7. The Balaban J connectivity index is 1.66. The van der Waals surface area contributed by atoms with E-state index in [0.717, 1.165) is 24.4 Å². The number of aromatic nitrogens is 3. The van der Waals surface area contributed by atoms with Crippen LogP contribution in [0.4, 0.5) is 4.39 Å². The third-order valence-corrected chi connectivity index (χ3v) is 5.63. The van der Waals surface area contributed by atoms with Crippen LogP contribution >= 0.6 is 11.3 Å². The number of thiophene rings is 1. The topological polar surface area (TPSA) is 71.8 Å². The monoisotopic (exact) mass is 385 g/mol. The van der Waals surface area contributed by atoms with Crippen LogP contribution in [0.2, 0.25) is 0 Å². The van der Waals surface area contributed by atoms with E-state index in [4.69, 9.17) is 0 Å². The molecular weight excluding hydrogens is 365 g/mol. The maximum Gasteiger partial charge on any atom is 0.291 e. The molecule has 2 unspecified atom stereocenters. The van der Waals surface area contributed by atoms with Crippen molar-refractivity contribution in [2.75, 3.05) is 13.1 Å². The lowest BCUT2D eigenvalue weighted by Gasteiger charge is -2.29. The molecule has 1 amide bonds. The van der Waals surface area contributed by atoms with Crippen molar-refractivity contribution in [2.24, 2.45) is 5.92 Å². The van der Waals surface area contributed by atoms with Gasteiger partial charge in [-0.25, -0.2) is 14.1 Å². The van der Waals surface area contributed by atoms with Gasteiger partial charge in [0.1, 0.15) is 5.82 Å². The summed E-state index contributed by atoms with van der Waals surface area (Å²) in [6.07, 6.45) is 1.02. The second-order valence-electron chi connectivity index (χ2n) is 6.67. The van der Waals surface area contributed by atoms with Crippen LogP contribution in [0.15, 0.2) is 41.8 Å². The van der Waals surface area contributed by atoms with E-state index in [1.807, 2.05) is 17.5 Å². The molecule has 8 heteroatoms. The molecule has 1 aromatic carbocycles. The quantitative estimate of drug-likeness (QED) is 0.724. The zero-order chi connectivity index (χ0) is 18.8. The molecule has 1 aliphatic rings. The van der Waals surface area contributed by atoms with Crippen LogP contribution in [0.1, 0.15) is 24.0 Å². The molecule has 3 heterocycles. The molecule has 1 fully saturated rings. The molecule has 0 bridgehead atoms. The van der Waals surface area contributed by atoms with Gasteiger partial charge >= 0.3 is 0 Å². The number of hydrogen-bond acceptors (Lipinski definition) is 5. The van der Waals surface area contributed by atoms with Gasteiger partial charge in [0.2, 0.25) is 5.82 Å². The van der Waals surface area contributed by atoms with Gasteiger partial charge in [0, 0.05) is 12.6 Å². The van der Waals surface area contributed by atoms with Gasteiger partial charge in [-0.05, 0) is 54.6 Å². The van der Waals surface area contributed by atoms with Crippen LogP contribution in [0.3, 0.4) is 0 Å². The molecule has 140 valence electrons. The lowest BCUT2D eigenvalue weighted by molar-refractivity contribution is 0.0904. The second kappa shape index (κ2) is 7.58. The van der Waals surface area contributed by atoms with Gasteiger partial charge < -0.3 is 10.6 Å². The number of carbonyl (C=O) groups is 1. The number of nitrogens with zero attached hydrogens (tertiary/aromatic N) is 3. The molecule has 0 spiro atoms. The Labute approximate surface area is 160 Å². The summed E-state index contributed by atoms with van der Waals surface area (Å²) < 4.78 is 14.9. The van der Waals surface area contributed by atoms with Crippen molar-refractivity contribution in [1.29, 1.82) is 0 Å².